The largest absolute Gasteiger partial charge is 0.468 e. The number of hydrogen-bond acceptors (Lipinski definition) is 3. The van der Waals surface area contributed by atoms with Crippen molar-refractivity contribution in [2.45, 2.75) is 38.8 Å². The first-order chi connectivity index (χ1) is 8.20. The maximum Gasteiger partial charge on any atom is 0.117 e. The van der Waals surface area contributed by atoms with E-state index in [4.69, 9.17) is 4.42 Å². The Bertz CT molecular complexity index is 379. The highest BCUT2D eigenvalue weighted by molar-refractivity contribution is 5.01. The second-order valence-electron chi connectivity index (χ2n) is 5.22. The molecule has 92 valence electrons. The summed E-state index contributed by atoms with van der Waals surface area (Å²) in [6, 6.07) is 6.73. The van der Waals surface area contributed by atoms with Gasteiger partial charge in [0.1, 0.15) is 5.76 Å². The van der Waals surface area contributed by atoms with E-state index in [1.54, 1.807) is 6.26 Å². The van der Waals surface area contributed by atoms with Gasteiger partial charge in [0.2, 0.25) is 0 Å². The smallest absolute Gasteiger partial charge is 0.117 e. The Morgan fingerprint density at radius 1 is 1.53 bits per heavy atom. The summed E-state index contributed by atoms with van der Waals surface area (Å²) in [6.07, 6.45) is 5.04. The average molecular weight is 232 g/mol. The van der Waals surface area contributed by atoms with Crippen LogP contribution in [-0.4, -0.2) is 18.0 Å². The lowest BCUT2D eigenvalue weighted by molar-refractivity contribution is 0.118. The summed E-state index contributed by atoms with van der Waals surface area (Å²) in [5.41, 5.74) is 0. The molecule has 0 radical (unpaired) electrons. The van der Waals surface area contributed by atoms with Crippen molar-refractivity contribution in [3.05, 3.63) is 24.2 Å². The normalized spacial score (nSPS) is 29.2. The molecule has 3 atom stereocenters. The van der Waals surface area contributed by atoms with E-state index in [-0.39, 0.29) is 5.92 Å². The van der Waals surface area contributed by atoms with Gasteiger partial charge in [0, 0.05) is 6.04 Å². The lowest BCUT2D eigenvalue weighted by atomic mass is 9.79. The Kier molecular flexibility index (Phi) is 3.86. The van der Waals surface area contributed by atoms with Crippen molar-refractivity contribution in [1.82, 2.24) is 4.90 Å². The molecule has 0 bridgehead atoms. The van der Waals surface area contributed by atoms with Gasteiger partial charge < -0.3 is 4.42 Å². The second kappa shape index (κ2) is 5.37. The molecule has 1 aliphatic carbocycles. The van der Waals surface area contributed by atoms with Gasteiger partial charge in [-0.1, -0.05) is 6.92 Å². The minimum atomic E-state index is 0.172. The van der Waals surface area contributed by atoms with Gasteiger partial charge in [-0.3, -0.25) is 4.90 Å². The van der Waals surface area contributed by atoms with Gasteiger partial charge >= 0.3 is 0 Å². The van der Waals surface area contributed by atoms with E-state index in [1.165, 1.54) is 6.42 Å². The van der Waals surface area contributed by atoms with Crippen LogP contribution >= 0.6 is 0 Å². The van der Waals surface area contributed by atoms with Gasteiger partial charge in [0.05, 0.1) is 24.8 Å². The fourth-order valence-electron chi connectivity index (χ4n) is 2.75. The molecule has 0 aliphatic heterocycles. The summed E-state index contributed by atoms with van der Waals surface area (Å²) in [5.74, 6) is 1.87. The molecule has 1 heterocycles. The van der Waals surface area contributed by atoms with Gasteiger partial charge in [0.25, 0.3) is 0 Å². The maximum atomic E-state index is 9.22. The third-order valence-electron chi connectivity index (χ3n) is 3.80. The van der Waals surface area contributed by atoms with Crippen LogP contribution in [0.5, 0.6) is 0 Å². The molecule has 1 aromatic heterocycles. The zero-order valence-corrected chi connectivity index (χ0v) is 10.6. The zero-order chi connectivity index (χ0) is 12.3. The number of rotatable bonds is 3. The predicted octanol–water partition coefficient (Wildman–Crippen LogP) is 3.04. The third kappa shape index (κ3) is 2.89. The quantitative estimate of drug-likeness (QED) is 0.804. The molecule has 3 heteroatoms. The molecule has 1 saturated carbocycles. The Morgan fingerprint density at radius 3 is 3.00 bits per heavy atom. The van der Waals surface area contributed by atoms with Gasteiger partial charge in [-0.15, -0.1) is 0 Å². The summed E-state index contributed by atoms with van der Waals surface area (Å²) in [6.45, 7) is 3.07. The first-order valence-electron chi connectivity index (χ1n) is 6.33. The van der Waals surface area contributed by atoms with Crippen LogP contribution in [-0.2, 0) is 6.54 Å². The summed E-state index contributed by atoms with van der Waals surface area (Å²) < 4.78 is 5.37. The fourth-order valence-corrected chi connectivity index (χ4v) is 2.75. The van der Waals surface area contributed by atoms with Gasteiger partial charge in [0.15, 0.2) is 0 Å². The van der Waals surface area contributed by atoms with E-state index in [2.05, 4.69) is 24.9 Å². The number of furan rings is 1. The van der Waals surface area contributed by atoms with Crippen LogP contribution < -0.4 is 0 Å². The first-order valence-corrected chi connectivity index (χ1v) is 6.33. The van der Waals surface area contributed by atoms with E-state index in [0.717, 1.165) is 31.1 Å². The zero-order valence-electron chi connectivity index (χ0n) is 10.6. The summed E-state index contributed by atoms with van der Waals surface area (Å²) in [4.78, 5) is 2.27. The van der Waals surface area contributed by atoms with Crippen molar-refractivity contribution in [1.29, 1.82) is 5.26 Å². The van der Waals surface area contributed by atoms with Crippen molar-refractivity contribution in [2.75, 3.05) is 7.05 Å². The molecule has 1 aromatic rings. The summed E-state index contributed by atoms with van der Waals surface area (Å²) in [5, 5.41) is 9.22. The Hall–Kier alpha value is -1.27. The van der Waals surface area contributed by atoms with E-state index >= 15 is 0 Å². The molecular weight excluding hydrogens is 212 g/mol. The minimum absolute atomic E-state index is 0.172. The van der Waals surface area contributed by atoms with Crippen LogP contribution in [0.2, 0.25) is 0 Å². The number of hydrogen-bond donors (Lipinski definition) is 0. The molecule has 3 unspecified atom stereocenters. The van der Waals surface area contributed by atoms with Crippen LogP contribution in [0.3, 0.4) is 0 Å². The fraction of sp³-hybridized carbons (Fsp3) is 0.643. The topological polar surface area (TPSA) is 40.2 Å². The maximum absolute atomic E-state index is 9.22. The first kappa shape index (κ1) is 12.2. The van der Waals surface area contributed by atoms with Crippen molar-refractivity contribution in [3.8, 4) is 6.07 Å². The monoisotopic (exact) mass is 232 g/mol. The minimum Gasteiger partial charge on any atom is -0.468 e. The van der Waals surface area contributed by atoms with Crippen molar-refractivity contribution in [2.24, 2.45) is 11.8 Å². The molecule has 0 saturated heterocycles. The SMILES string of the molecule is CC1CCC(C#N)C(N(C)Cc2ccco2)C1. The number of nitrogens with zero attached hydrogens (tertiary/aromatic N) is 2. The Labute approximate surface area is 103 Å². The highest BCUT2D eigenvalue weighted by Gasteiger charge is 2.31. The summed E-state index contributed by atoms with van der Waals surface area (Å²) in [7, 11) is 2.09. The van der Waals surface area contributed by atoms with Crippen LogP contribution in [0.25, 0.3) is 0 Å². The molecule has 3 nitrogen and oxygen atoms in total. The molecule has 0 aromatic carbocycles. The molecule has 17 heavy (non-hydrogen) atoms. The van der Waals surface area contributed by atoms with Crippen molar-refractivity contribution >= 4 is 0 Å². The molecule has 1 fully saturated rings. The second-order valence-corrected chi connectivity index (χ2v) is 5.22. The predicted molar refractivity (Wildman–Crippen MR) is 66.1 cm³/mol. The third-order valence-corrected chi connectivity index (χ3v) is 3.80. The van der Waals surface area contributed by atoms with E-state index < -0.39 is 0 Å². The van der Waals surface area contributed by atoms with Gasteiger partial charge in [-0.2, -0.15) is 5.26 Å². The summed E-state index contributed by atoms with van der Waals surface area (Å²) >= 11 is 0. The van der Waals surface area contributed by atoms with Gasteiger partial charge in [-0.05, 0) is 44.4 Å². The number of nitriles is 1. The van der Waals surface area contributed by atoms with Crippen molar-refractivity contribution < 1.29 is 4.42 Å². The highest BCUT2D eigenvalue weighted by Crippen LogP contribution is 2.31. The van der Waals surface area contributed by atoms with Crippen LogP contribution in [0.4, 0.5) is 0 Å². The van der Waals surface area contributed by atoms with Crippen LogP contribution in [0, 0.1) is 23.2 Å². The van der Waals surface area contributed by atoms with Gasteiger partial charge in [-0.25, -0.2) is 0 Å². The van der Waals surface area contributed by atoms with Crippen LogP contribution in [0.15, 0.2) is 22.8 Å². The van der Waals surface area contributed by atoms with Crippen molar-refractivity contribution in [3.63, 3.8) is 0 Å². The molecule has 2 rings (SSSR count). The van der Waals surface area contributed by atoms with E-state index in [1.807, 2.05) is 12.1 Å². The highest BCUT2D eigenvalue weighted by atomic mass is 16.3. The Balaban J connectivity index is 2.01. The van der Waals surface area contributed by atoms with Crippen LogP contribution in [0.1, 0.15) is 31.9 Å². The molecule has 0 spiro atoms. The molecular formula is C14H20N2O. The van der Waals surface area contributed by atoms with E-state index in [0.29, 0.717) is 6.04 Å². The Morgan fingerprint density at radius 2 is 2.35 bits per heavy atom. The standard InChI is InChI=1S/C14H20N2O/c1-11-5-6-12(9-15)14(8-11)16(2)10-13-4-3-7-17-13/h3-4,7,11-12,14H,5-6,8,10H2,1-2H3. The lowest BCUT2D eigenvalue weighted by Gasteiger charge is -2.37. The molecule has 0 amide bonds. The molecule has 0 N–H and O–H groups in total. The molecule has 1 aliphatic rings. The lowest BCUT2D eigenvalue weighted by Crippen LogP contribution is -2.41. The van der Waals surface area contributed by atoms with E-state index in [9.17, 15) is 5.26 Å². The average Bonchev–Trinajstić information content (AvgIpc) is 2.81.